The van der Waals surface area contributed by atoms with Gasteiger partial charge in [-0.2, -0.15) is 0 Å². The van der Waals surface area contributed by atoms with E-state index in [4.69, 9.17) is 9.84 Å². The second-order valence-electron chi connectivity index (χ2n) is 3.25. The van der Waals surface area contributed by atoms with E-state index < -0.39 is 0 Å². The fourth-order valence-corrected chi connectivity index (χ4v) is 1.15. The normalized spacial score (nSPS) is 13.2. The van der Waals surface area contributed by atoms with Crippen LogP contribution in [0.15, 0.2) is 0 Å². The van der Waals surface area contributed by atoms with Gasteiger partial charge in [-0.3, -0.25) is 5.32 Å². The van der Waals surface area contributed by atoms with Gasteiger partial charge < -0.3 is 9.84 Å². The Morgan fingerprint density at radius 3 is 2.69 bits per heavy atom. The summed E-state index contributed by atoms with van der Waals surface area (Å²) in [5, 5.41) is 11.7. The van der Waals surface area contributed by atoms with Crippen LogP contribution in [0.5, 0.6) is 0 Å². The zero-order valence-corrected chi connectivity index (χ0v) is 8.88. The molecule has 1 unspecified atom stereocenters. The molecule has 0 bridgehead atoms. The van der Waals surface area contributed by atoms with Crippen molar-refractivity contribution < 1.29 is 9.84 Å². The summed E-state index contributed by atoms with van der Waals surface area (Å²) < 4.78 is 5.24. The van der Waals surface area contributed by atoms with Crippen LogP contribution >= 0.6 is 0 Å². The molecule has 0 aromatic heterocycles. The number of hydrogen-bond donors (Lipinski definition) is 2. The van der Waals surface area contributed by atoms with Crippen LogP contribution in [0.1, 0.15) is 39.5 Å². The fourth-order valence-electron chi connectivity index (χ4n) is 1.15. The van der Waals surface area contributed by atoms with Crippen molar-refractivity contribution in [2.45, 2.75) is 45.8 Å². The Labute approximate surface area is 81.5 Å². The molecule has 0 aromatic carbocycles. The number of aliphatic hydroxyl groups excluding tert-OH is 1. The molecule has 13 heavy (non-hydrogen) atoms. The predicted octanol–water partition coefficient (Wildman–Crippen LogP) is 1.51. The van der Waals surface area contributed by atoms with E-state index in [0.29, 0.717) is 6.61 Å². The topological polar surface area (TPSA) is 41.5 Å². The fraction of sp³-hybridized carbons (Fsp3) is 1.00. The second kappa shape index (κ2) is 9.96. The summed E-state index contributed by atoms with van der Waals surface area (Å²) in [6.45, 7) is 5.70. The average Bonchev–Trinajstić information content (AvgIpc) is 2.14. The zero-order chi connectivity index (χ0) is 9.94. The number of rotatable bonds is 9. The van der Waals surface area contributed by atoms with Crippen LogP contribution in [0.2, 0.25) is 0 Å². The summed E-state index contributed by atoms with van der Waals surface area (Å²) in [5.74, 6) is 0. The van der Waals surface area contributed by atoms with E-state index in [0.717, 1.165) is 6.54 Å². The summed E-state index contributed by atoms with van der Waals surface area (Å²) in [4.78, 5) is 0. The Kier molecular flexibility index (Phi) is 9.87. The quantitative estimate of drug-likeness (QED) is 0.427. The lowest BCUT2D eigenvalue weighted by molar-refractivity contribution is 0.0203. The third kappa shape index (κ3) is 9.80. The first-order valence-corrected chi connectivity index (χ1v) is 5.27. The van der Waals surface area contributed by atoms with Crippen molar-refractivity contribution in [2.24, 2.45) is 0 Å². The molecule has 2 N–H and O–H groups in total. The van der Waals surface area contributed by atoms with Crippen molar-refractivity contribution in [3.63, 3.8) is 0 Å². The molecule has 0 heterocycles. The van der Waals surface area contributed by atoms with Crippen LogP contribution in [0.25, 0.3) is 0 Å². The van der Waals surface area contributed by atoms with E-state index in [1.807, 2.05) is 6.92 Å². The third-order valence-electron chi connectivity index (χ3n) is 1.92. The molecule has 0 aromatic rings. The molecule has 0 aliphatic rings. The van der Waals surface area contributed by atoms with Crippen molar-refractivity contribution in [3.05, 3.63) is 0 Å². The second-order valence-corrected chi connectivity index (χ2v) is 3.25. The van der Waals surface area contributed by atoms with Gasteiger partial charge in [-0.1, -0.05) is 26.2 Å². The lowest BCUT2D eigenvalue weighted by Gasteiger charge is -2.13. The first-order valence-electron chi connectivity index (χ1n) is 5.27. The van der Waals surface area contributed by atoms with Gasteiger partial charge in [0.25, 0.3) is 0 Å². The molecule has 80 valence electrons. The molecular formula is C10H23NO2. The van der Waals surface area contributed by atoms with Gasteiger partial charge in [0.2, 0.25) is 0 Å². The first-order chi connectivity index (χ1) is 6.31. The highest BCUT2D eigenvalue weighted by molar-refractivity contribution is 4.50. The van der Waals surface area contributed by atoms with Gasteiger partial charge >= 0.3 is 0 Å². The third-order valence-corrected chi connectivity index (χ3v) is 1.92. The molecule has 0 radical (unpaired) electrons. The predicted molar refractivity (Wildman–Crippen MR) is 54.6 cm³/mol. The van der Waals surface area contributed by atoms with Crippen LogP contribution in [-0.4, -0.2) is 31.1 Å². The van der Waals surface area contributed by atoms with Gasteiger partial charge in [0, 0.05) is 0 Å². The maximum atomic E-state index is 8.50. The molecule has 0 rings (SSSR count). The number of unbranched alkanes of at least 4 members (excludes halogenated alkanes) is 3. The zero-order valence-electron chi connectivity index (χ0n) is 8.88. The Morgan fingerprint density at radius 2 is 2.08 bits per heavy atom. The summed E-state index contributed by atoms with van der Waals surface area (Å²) in [6.07, 6.45) is 5.15. The number of aliphatic hydroxyl groups is 1. The molecule has 3 heteroatoms. The Balaban J connectivity index is 3.03. The van der Waals surface area contributed by atoms with Crippen LogP contribution in [-0.2, 0) is 4.74 Å². The van der Waals surface area contributed by atoms with Crippen molar-refractivity contribution >= 4 is 0 Å². The van der Waals surface area contributed by atoms with Crippen LogP contribution < -0.4 is 5.32 Å². The van der Waals surface area contributed by atoms with Crippen LogP contribution in [0.4, 0.5) is 0 Å². The Morgan fingerprint density at radius 1 is 1.31 bits per heavy atom. The van der Waals surface area contributed by atoms with Crippen LogP contribution in [0, 0.1) is 0 Å². The summed E-state index contributed by atoms with van der Waals surface area (Å²) >= 11 is 0. The maximum Gasteiger partial charge on any atom is 0.105 e. The van der Waals surface area contributed by atoms with Crippen molar-refractivity contribution in [1.29, 1.82) is 0 Å². The molecular weight excluding hydrogens is 166 g/mol. The van der Waals surface area contributed by atoms with E-state index in [2.05, 4.69) is 12.2 Å². The molecule has 0 spiro atoms. The van der Waals surface area contributed by atoms with Gasteiger partial charge in [-0.25, -0.2) is 0 Å². The van der Waals surface area contributed by atoms with Gasteiger partial charge in [-0.15, -0.1) is 0 Å². The van der Waals surface area contributed by atoms with Crippen molar-refractivity contribution in [3.8, 4) is 0 Å². The average molecular weight is 189 g/mol. The summed E-state index contributed by atoms with van der Waals surface area (Å²) in [7, 11) is 0. The number of ether oxygens (including phenoxy) is 1. The Hall–Kier alpha value is -0.120. The number of hydrogen-bond acceptors (Lipinski definition) is 3. The summed E-state index contributed by atoms with van der Waals surface area (Å²) in [6, 6.07) is 0. The number of nitrogens with one attached hydrogen (secondary N) is 1. The standard InChI is InChI=1S/C10H23NO2/c1-3-4-5-6-7-11-10(2)13-9-8-12/h10-12H,3-9H2,1-2H3. The van der Waals surface area contributed by atoms with Gasteiger partial charge in [0.1, 0.15) is 6.23 Å². The van der Waals surface area contributed by atoms with Crippen molar-refractivity contribution in [1.82, 2.24) is 5.32 Å². The molecule has 1 atom stereocenters. The highest BCUT2D eigenvalue weighted by atomic mass is 16.5. The SMILES string of the molecule is CCCCCCNC(C)OCCO. The highest BCUT2D eigenvalue weighted by Crippen LogP contribution is 1.97. The highest BCUT2D eigenvalue weighted by Gasteiger charge is 1.98. The van der Waals surface area contributed by atoms with Crippen LogP contribution in [0.3, 0.4) is 0 Å². The smallest absolute Gasteiger partial charge is 0.105 e. The van der Waals surface area contributed by atoms with E-state index in [1.54, 1.807) is 0 Å². The maximum absolute atomic E-state index is 8.50. The lowest BCUT2D eigenvalue weighted by atomic mass is 10.2. The van der Waals surface area contributed by atoms with E-state index in [1.165, 1.54) is 25.7 Å². The largest absolute Gasteiger partial charge is 0.394 e. The molecule has 3 nitrogen and oxygen atoms in total. The Bertz CT molecular complexity index is 98.9. The molecule has 0 aliphatic carbocycles. The lowest BCUT2D eigenvalue weighted by Crippen LogP contribution is -2.30. The van der Waals surface area contributed by atoms with E-state index >= 15 is 0 Å². The van der Waals surface area contributed by atoms with E-state index in [-0.39, 0.29) is 12.8 Å². The molecule has 0 aliphatic heterocycles. The van der Waals surface area contributed by atoms with Gasteiger partial charge in [0.05, 0.1) is 13.2 Å². The monoisotopic (exact) mass is 189 g/mol. The first kappa shape index (κ1) is 12.9. The molecule has 0 saturated carbocycles. The minimum absolute atomic E-state index is 0.0637. The summed E-state index contributed by atoms with van der Waals surface area (Å²) in [5.41, 5.74) is 0. The van der Waals surface area contributed by atoms with Gasteiger partial charge in [-0.05, 0) is 19.9 Å². The molecule has 0 amide bonds. The molecule has 0 saturated heterocycles. The van der Waals surface area contributed by atoms with E-state index in [9.17, 15) is 0 Å². The van der Waals surface area contributed by atoms with Gasteiger partial charge in [0.15, 0.2) is 0 Å². The minimum Gasteiger partial charge on any atom is -0.394 e. The van der Waals surface area contributed by atoms with Crippen molar-refractivity contribution in [2.75, 3.05) is 19.8 Å². The molecule has 0 fully saturated rings. The minimum atomic E-state index is 0.0637.